The maximum absolute atomic E-state index is 11.9. The molecule has 0 unspecified atom stereocenters. The Bertz CT molecular complexity index is 530. The van der Waals surface area contributed by atoms with Crippen LogP contribution in [0.25, 0.3) is 0 Å². The molecule has 0 atom stereocenters. The van der Waals surface area contributed by atoms with Crippen LogP contribution in [-0.2, 0) is 14.8 Å². The Morgan fingerprint density at radius 1 is 1.59 bits per heavy atom. The van der Waals surface area contributed by atoms with Gasteiger partial charge in [0.15, 0.2) is 0 Å². The van der Waals surface area contributed by atoms with Gasteiger partial charge in [-0.3, -0.25) is 0 Å². The van der Waals surface area contributed by atoms with Gasteiger partial charge in [0.1, 0.15) is 9.77 Å². The summed E-state index contributed by atoms with van der Waals surface area (Å²) in [6.07, 6.45) is 0. The highest BCUT2D eigenvalue weighted by Gasteiger charge is 2.24. The van der Waals surface area contributed by atoms with Crippen LogP contribution in [0.15, 0.2) is 28.5 Å². The van der Waals surface area contributed by atoms with Crippen LogP contribution in [0, 0.1) is 0 Å². The van der Waals surface area contributed by atoms with Crippen molar-refractivity contribution >= 4 is 27.3 Å². The van der Waals surface area contributed by atoms with Crippen LogP contribution in [0.4, 0.5) is 0 Å². The van der Waals surface area contributed by atoms with Gasteiger partial charge in [0.2, 0.25) is 10.0 Å². The minimum atomic E-state index is -3.70. The molecule has 0 aliphatic heterocycles. The molecule has 0 saturated heterocycles. The van der Waals surface area contributed by atoms with Gasteiger partial charge in [0.05, 0.1) is 7.11 Å². The third-order valence-corrected chi connectivity index (χ3v) is 4.32. The highest BCUT2D eigenvalue weighted by Crippen LogP contribution is 2.22. The molecule has 17 heavy (non-hydrogen) atoms. The summed E-state index contributed by atoms with van der Waals surface area (Å²) in [5.74, 6) is -0.657. The van der Waals surface area contributed by atoms with Gasteiger partial charge in [0.25, 0.3) is 0 Å². The predicted octanol–water partition coefficient (Wildman–Crippen LogP) is 1.39. The normalized spacial score (nSPS) is 11.2. The third-order valence-electron chi connectivity index (χ3n) is 1.85. The maximum Gasteiger partial charge on any atom is 0.349 e. The molecule has 7 heteroatoms. The number of rotatable bonds is 5. The second kappa shape index (κ2) is 5.44. The zero-order chi connectivity index (χ0) is 13.1. The fourth-order valence-electron chi connectivity index (χ4n) is 1.05. The van der Waals surface area contributed by atoms with Gasteiger partial charge in [-0.15, -0.1) is 11.3 Å². The Morgan fingerprint density at radius 3 is 2.76 bits per heavy atom. The number of carbonyl (C=O) groups is 1. The molecular weight excluding hydrogens is 262 g/mol. The minimum Gasteiger partial charge on any atom is -0.465 e. The van der Waals surface area contributed by atoms with E-state index in [-0.39, 0.29) is 16.3 Å². The fraction of sp³-hybridized carbons (Fsp3) is 0.300. The van der Waals surface area contributed by atoms with Crippen LogP contribution >= 0.6 is 11.3 Å². The lowest BCUT2D eigenvalue weighted by atomic mass is 10.4. The van der Waals surface area contributed by atoms with E-state index in [0.717, 1.165) is 11.3 Å². The molecule has 1 rings (SSSR count). The Morgan fingerprint density at radius 2 is 2.24 bits per heavy atom. The van der Waals surface area contributed by atoms with Crippen molar-refractivity contribution in [2.24, 2.45) is 0 Å². The van der Waals surface area contributed by atoms with Crippen molar-refractivity contribution in [3.05, 3.63) is 28.5 Å². The van der Waals surface area contributed by atoms with Crippen LogP contribution in [0.3, 0.4) is 0 Å². The quantitative estimate of drug-likeness (QED) is 0.651. The number of carbonyl (C=O) groups excluding carboxylic acids is 1. The average molecular weight is 275 g/mol. The van der Waals surface area contributed by atoms with E-state index in [4.69, 9.17) is 0 Å². The van der Waals surface area contributed by atoms with E-state index in [1.54, 1.807) is 6.92 Å². The van der Waals surface area contributed by atoms with Gasteiger partial charge in [-0.25, -0.2) is 17.9 Å². The lowest BCUT2D eigenvalue weighted by Gasteiger charge is -2.06. The van der Waals surface area contributed by atoms with Crippen molar-refractivity contribution in [2.45, 2.75) is 11.8 Å². The Hall–Kier alpha value is -1.18. The van der Waals surface area contributed by atoms with Gasteiger partial charge in [-0.2, -0.15) is 0 Å². The number of nitrogens with one attached hydrogen (secondary N) is 1. The Balaban J connectivity index is 3.03. The van der Waals surface area contributed by atoms with Gasteiger partial charge in [-0.05, 0) is 18.4 Å². The summed E-state index contributed by atoms with van der Waals surface area (Å²) in [5, 5.41) is 1.53. The van der Waals surface area contributed by atoms with Crippen molar-refractivity contribution in [1.82, 2.24) is 4.72 Å². The third kappa shape index (κ3) is 3.39. The van der Waals surface area contributed by atoms with Crippen LogP contribution in [0.2, 0.25) is 0 Å². The van der Waals surface area contributed by atoms with E-state index in [1.807, 2.05) is 0 Å². The van der Waals surface area contributed by atoms with Crippen molar-refractivity contribution in [3.63, 3.8) is 0 Å². The van der Waals surface area contributed by atoms with Crippen LogP contribution < -0.4 is 4.72 Å². The molecule has 0 fully saturated rings. The van der Waals surface area contributed by atoms with Crippen molar-refractivity contribution in [3.8, 4) is 0 Å². The van der Waals surface area contributed by atoms with E-state index < -0.39 is 16.0 Å². The topological polar surface area (TPSA) is 72.5 Å². The van der Waals surface area contributed by atoms with Gasteiger partial charge in [0, 0.05) is 6.54 Å². The summed E-state index contributed by atoms with van der Waals surface area (Å²) < 4.78 is 30.6. The molecule has 1 aromatic heterocycles. The molecule has 0 radical (unpaired) electrons. The highest BCUT2D eigenvalue weighted by atomic mass is 32.2. The first-order chi connectivity index (χ1) is 7.88. The first-order valence-electron chi connectivity index (χ1n) is 4.68. The summed E-state index contributed by atoms with van der Waals surface area (Å²) in [6.45, 7) is 5.44. The largest absolute Gasteiger partial charge is 0.465 e. The van der Waals surface area contributed by atoms with Gasteiger partial charge < -0.3 is 4.74 Å². The number of ether oxygens (including phenoxy) is 1. The predicted molar refractivity (Wildman–Crippen MR) is 65.7 cm³/mol. The summed E-state index contributed by atoms with van der Waals surface area (Å²) in [4.78, 5) is 11.4. The van der Waals surface area contributed by atoms with Crippen LogP contribution in [0.5, 0.6) is 0 Å². The molecule has 1 N–H and O–H groups in total. The van der Waals surface area contributed by atoms with Crippen molar-refractivity contribution in [1.29, 1.82) is 0 Å². The van der Waals surface area contributed by atoms with E-state index >= 15 is 0 Å². The first-order valence-corrected chi connectivity index (χ1v) is 7.04. The van der Waals surface area contributed by atoms with Crippen LogP contribution in [0.1, 0.15) is 16.6 Å². The first kappa shape index (κ1) is 13.9. The molecule has 5 nitrogen and oxygen atoms in total. The summed E-state index contributed by atoms with van der Waals surface area (Å²) in [5.41, 5.74) is 0.684. The summed E-state index contributed by atoms with van der Waals surface area (Å²) >= 11 is 1.03. The van der Waals surface area contributed by atoms with Crippen molar-refractivity contribution in [2.75, 3.05) is 13.7 Å². The molecule has 94 valence electrons. The molecular formula is C10H13NO4S2. The van der Waals surface area contributed by atoms with Crippen LogP contribution in [-0.4, -0.2) is 28.0 Å². The number of hydrogen-bond donors (Lipinski definition) is 1. The molecule has 0 aliphatic carbocycles. The molecule has 0 aromatic carbocycles. The number of hydrogen-bond acceptors (Lipinski definition) is 5. The van der Waals surface area contributed by atoms with E-state index in [0.29, 0.717) is 5.57 Å². The average Bonchev–Trinajstić information content (AvgIpc) is 2.75. The van der Waals surface area contributed by atoms with Gasteiger partial charge in [-0.1, -0.05) is 12.2 Å². The summed E-state index contributed by atoms with van der Waals surface area (Å²) in [7, 11) is -2.49. The second-order valence-electron chi connectivity index (χ2n) is 3.39. The molecule has 0 spiro atoms. The molecule has 1 aromatic rings. The molecule has 1 heterocycles. The lowest BCUT2D eigenvalue weighted by Crippen LogP contribution is -2.26. The Kier molecular flexibility index (Phi) is 4.44. The van der Waals surface area contributed by atoms with E-state index in [1.165, 1.54) is 18.6 Å². The molecule has 0 amide bonds. The Labute approximate surface area is 104 Å². The monoisotopic (exact) mass is 275 g/mol. The minimum absolute atomic E-state index is 0.0596. The standard InChI is InChI=1S/C10H13NO4S2/c1-7(2)6-11-17(13,14)8-4-5-16-9(8)10(12)15-3/h4-5,11H,1,6H2,2-3H3. The highest BCUT2D eigenvalue weighted by molar-refractivity contribution is 7.89. The number of thiophene rings is 1. The SMILES string of the molecule is C=C(C)CNS(=O)(=O)c1ccsc1C(=O)OC. The summed E-state index contributed by atoms with van der Waals surface area (Å²) in [6, 6.07) is 1.37. The lowest BCUT2D eigenvalue weighted by molar-refractivity contribution is 0.0602. The molecule has 0 aliphatic rings. The number of sulfonamides is 1. The number of esters is 1. The number of methoxy groups -OCH3 is 1. The smallest absolute Gasteiger partial charge is 0.349 e. The zero-order valence-electron chi connectivity index (χ0n) is 9.52. The second-order valence-corrected chi connectivity index (χ2v) is 6.04. The molecule has 0 saturated carbocycles. The fourth-order valence-corrected chi connectivity index (χ4v) is 3.48. The van der Waals surface area contributed by atoms with Gasteiger partial charge >= 0.3 is 5.97 Å². The maximum atomic E-state index is 11.9. The zero-order valence-corrected chi connectivity index (χ0v) is 11.2. The van der Waals surface area contributed by atoms with Crippen molar-refractivity contribution < 1.29 is 17.9 Å². The molecule has 0 bridgehead atoms. The van der Waals surface area contributed by atoms with E-state index in [2.05, 4.69) is 16.0 Å². The van der Waals surface area contributed by atoms with E-state index in [9.17, 15) is 13.2 Å².